The van der Waals surface area contributed by atoms with Gasteiger partial charge in [0.2, 0.25) is 10.0 Å². The Kier molecular flexibility index (Phi) is 6.61. The maximum absolute atomic E-state index is 13.0. The second-order valence-electron chi connectivity index (χ2n) is 6.30. The van der Waals surface area contributed by atoms with Crippen molar-refractivity contribution in [2.24, 2.45) is 0 Å². The minimum atomic E-state index is -3.82. The highest BCUT2D eigenvalue weighted by Crippen LogP contribution is 2.32. The molecule has 144 valence electrons. The summed E-state index contributed by atoms with van der Waals surface area (Å²) in [6.45, 7) is 2.05. The molecule has 2 aliphatic rings. The number of nitrogens with zero attached hydrogens (tertiary/aromatic N) is 2. The molecule has 1 aromatic carbocycles. The molecule has 1 N–H and O–H groups in total. The third kappa shape index (κ3) is 4.42. The molecule has 10 heteroatoms. The molecule has 2 saturated heterocycles. The molecule has 6 nitrogen and oxygen atoms in total. The van der Waals surface area contributed by atoms with Gasteiger partial charge in [0.05, 0.1) is 10.0 Å². The van der Waals surface area contributed by atoms with E-state index in [1.165, 1.54) is 16.4 Å². The van der Waals surface area contributed by atoms with Crippen molar-refractivity contribution < 1.29 is 13.2 Å². The van der Waals surface area contributed by atoms with E-state index in [2.05, 4.69) is 5.32 Å². The van der Waals surface area contributed by atoms with Gasteiger partial charge in [-0.15, -0.1) is 0 Å². The first-order chi connectivity index (χ1) is 12.4. The number of urea groups is 1. The fourth-order valence-electron chi connectivity index (χ4n) is 3.17. The molecule has 2 amide bonds. The second kappa shape index (κ2) is 8.56. The zero-order valence-corrected chi connectivity index (χ0v) is 17.3. The zero-order chi connectivity index (χ0) is 18.7. The molecule has 0 aromatic heterocycles. The van der Waals surface area contributed by atoms with E-state index in [-0.39, 0.29) is 33.6 Å². The lowest BCUT2D eigenvalue weighted by atomic mass is 10.1. The van der Waals surface area contributed by atoms with Crippen LogP contribution < -0.4 is 5.32 Å². The van der Waals surface area contributed by atoms with Gasteiger partial charge >= 0.3 is 6.03 Å². The highest BCUT2D eigenvalue weighted by molar-refractivity contribution is 7.99. The SMILES string of the molecule is O=C(N[C@H]1CCCN(S(=O)(=O)c2c(Cl)cccc2Cl)C1)N1CCSCC1. The highest BCUT2D eigenvalue weighted by atomic mass is 35.5. The number of sulfonamides is 1. The Labute approximate surface area is 168 Å². The van der Waals surface area contributed by atoms with Gasteiger partial charge < -0.3 is 10.2 Å². The number of halogens is 2. The van der Waals surface area contributed by atoms with Crippen LogP contribution in [0.25, 0.3) is 0 Å². The summed E-state index contributed by atoms with van der Waals surface area (Å²) in [5.74, 6) is 1.87. The number of thioether (sulfide) groups is 1. The molecule has 0 saturated carbocycles. The van der Waals surface area contributed by atoms with Crippen molar-refractivity contribution in [1.29, 1.82) is 0 Å². The Morgan fingerprint density at radius 1 is 1.15 bits per heavy atom. The molecule has 26 heavy (non-hydrogen) atoms. The largest absolute Gasteiger partial charge is 0.334 e. The van der Waals surface area contributed by atoms with E-state index in [1.807, 2.05) is 11.8 Å². The molecule has 3 rings (SSSR count). The normalized spacial score (nSPS) is 22.2. The summed E-state index contributed by atoms with van der Waals surface area (Å²) in [6, 6.07) is 4.29. The third-order valence-corrected chi connectivity index (χ3v) is 8.29. The summed E-state index contributed by atoms with van der Waals surface area (Å²) < 4.78 is 27.3. The summed E-state index contributed by atoms with van der Waals surface area (Å²) in [7, 11) is -3.82. The van der Waals surface area contributed by atoms with Crippen LogP contribution >= 0.6 is 35.0 Å². The van der Waals surface area contributed by atoms with Crippen molar-refractivity contribution in [3.05, 3.63) is 28.2 Å². The van der Waals surface area contributed by atoms with E-state index in [9.17, 15) is 13.2 Å². The quantitative estimate of drug-likeness (QED) is 0.788. The predicted molar refractivity (Wildman–Crippen MR) is 106 cm³/mol. The van der Waals surface area contributed by atoms with Crippen molar-refractivity contribution in [3.63, 3.8) is 0 Å². The monoisotopic (exact) mass is 437 g/mol. The van der Waals surface area contributed by atoms with Crippen LogP contribution in [0.1, 0.15) is 12.8 Å². The number of amides is 2. The molecule has 0 aliphatic carbocycles. The number of hydrogen-bond donors (Lipinski definition) is 1. The van der Waals surface area contributed by atoms with Crippen LogP contribution in [0, 0.1) is 0 Å². The van der Waals surface area contributed by atoms with Gasteiger partial charge in [0.25, 0.3) is 0 Å². The molecule has 0 radical (unpaired) electrons. The van der Waals surface area contributed by atoms with E-state index >= 15 is 0 Å². The Morgan fingerprint density at radius 3 is 2.46 bits per heavy atom. The maximum atomic E-state index is 13.0. The van der Waals surface area contributed by atoms with Crippen LogP contribution in [-0.4, -0.2) is 67.4 Å². The Hall–Kier alpha value is -0.670. The lowest BCUT2D eigenvalue weighted by Crippen LogP contribution is -2.53. The van der Waals surface area contributed by atoms with Gasteiger partial charge in [-0.05, 0) is 25.0 Å². The summed E-state index contributed by atoms with van der Waals surface area (Å²) >= 11 is 14.0. The molecular weight excluding hydrogens is 417 g/mol. The van der Waals surface area contributed by atoms with E-state index in [4.69, 9.17) is 23.2 Å². The molecule has 1 atom stereocenters. The van der Waals surface area contributed by atoms with Crippen LogP contribution in [-0.2, 0) is 10.0 Å². The molecule has 2 aliphatic heterocycles. The smallest absolute Gasteiger partial charge is 0.317 e. The van der Waals surface area contributed by atoms with E-state index in [0.717, 1.165) is 31.0 Å². The van der Waals surface area contributed by atoms with Gasteiger partial charge in [-0.1, -0.05) is 29.3 Å². The fourth-order valence-corrected chi connectivity index (χ4v) is 6.69. The van der Waals surface area contributed by atoms with Gasteiger partial charge in [-0.25, -0.2) is 13.2 Å². The number of carbonyl (C=O) groups is 1. The minimum absolute atomic E-state index is 0.0663. The summed E-state index contributed by atoms with van der Waals surface area (Å²) in [5.41, 5.74) is 0. The first-order valence-electron chi connectivity index (χ1n) is 8.47. The number of hydrogen-bond acceptors (Lipinski definition) is 4. The number of rotatable bonds is 3. The predicted octanol–water partition coefficient (Wildman–Crippen LogP) is 2.90. The van der Waals surface area contributed by atoms with Gasteiger partial charge in [0, 0.05) is 43.7 Å². The van der Waals surface area contributed by atoms with Gasteiger partial charge in [0.15, 0.2) is 0 Å². The number of benzene rings is 1. The highest BCUT2D eigenvalue weighted by Gasteiger charge is 2.34. The summed E-state index contributed by atoms with van der Waals surface area (Å²) in [5, 5.41) is 3.19. The first-order valence-corrected chi connectivity index (χ1v) is 11.8. The fraction of sp³-hybridized carbons (Fsp3) is 0.562. The van der Waals surface area contributed by atoms with E-state index in [0.29, 0.717) is 13.0 Å². The molecule has 1 aromatic rings. The molecule has 0 spiro atoms. The molecule has 0 unspecified atom stereocenters. The zero-order valence-electron chi connectivity index (χ0n) is 14.2. The average molecular weight is 438 g/mol. The van der Waals surface area contributed by atoms with Crippen LogP contribution in [0.4, 0.5) is 4.79 Å². The minimum Gasteiger partial charge on any atom is -0.334 e. The van der Waals surface area contributed by atoms with Crippen molar-refractivity contribution in [2.45, 2.75) is 23.8 Å². The van der Waals surface area contributed by atoms with Crippen molar-refractivity contribution in [1.82, 2.24) is 14.5 Å². The molecule has 0 bridgehead atoms. The van der Waals surface area contributed by atoms with Crippen molar-refractivity contribution in [2.75, 3.05) is 37.7 Å². The van der Waals surface area contributed by atoms with E-state index in [1.54, 1.807) is 11.0 Å². The average Bonchev–Trinajstić information content (AvgIpc) is 2.62. The molecular formula is C16H21Cl2N3O3S2. The van der Waals surface area contributed by atoms with Crippen LogP contribution in [0.5, 0.6) is 0 Å². The van der Waals surface area contributed by atoms with Crippen LogP contribution in [0.3, 0.4) is 0 Å². The third-order valence-electron chi connectivity index (χ3n) is 4.53. The topological polar surface area (TPSA) is 69.7 Å². The number of nitrogens with one attached hydrogen (secondary N) is 1. The Bertz CT molecular complexity index is 750. The maximum Gasteiger partial charge on any atom is 0.317 e. The van der Waals surface area contributed by atoms with Crippen molar-refractivity contribution >= 4 is 51.0 Å². The van der Waals surface area contributed by atoms with Gasteiger partial charge in [-0.3, -0.25) is 0 Å². The van der Waals surface area contributed by atoms with E-state index < -0.39 is 10.0 Å². The molecule has 2 heterocycles. The second-order valence-corrected chi connectivity index (χ2v) is 10.2. The van der Waals surface area contributed by atoms with Crippen LogP contribution in [0.2, 0.25) is 10.0 Å². The summed E-state index contributed by atoms with van der Waals surface area (Å²) in [4.78, 5) is 14.1. The lowest BCUT2D eigenvalue weighted by molar-refractivity contribution is 0.190. The first kappa shape index (κ1) is 20.1. The Morgan fingerprint density at radius 2 is 1.81 bits per heavy atom. The van der Waals surface area contributed by atoms with Gasteiger partial charge in [-0.2, -0.15) is 16.1 Å². The number of carbonyl (C=O) groups excluding carboxylic acids is 1. The van der Waals surface area contributed by atoms with Crippen LogP contribution in [0.15, 0.2) is 23.1 Å². The standard InChI is InChI=1S/C16H21Cl2N3O3S2/c17-13-4-1-5-14(18)15(13)26(23,24)21-6-2-3-12(11-21)19-16(22)20-7-9-25-10-8-20/h1,4-5,12H,2-3,6-11H2,(H,19,22)/t12-/m0/s1. The molecule has 2 fully saturated rings. The lowest BCUT2D eigenvalue weighted by Gasteiger charge is -2.34. The van der Waals surface area contributed by atoms with Gasteiger partial charge in [0.1, 0.15) is 4.90 Å². The summed E-state index contributed by atoms with van der Waals surface area (Å²) in [6.07, 6.45) is 1.42. The Balaban J connectivity index is 1.70. The number of piperidine rings is 1. The van der Waals surface area contributed by atoms with Crippen molar-refractivity contribution in [3.8, 4) is 0 Å².